The molecule has 0 bridgehead atoms. The third-order valence-corrected chi connectivity index (χ3v) is 5.52. The lowest BCUT2D eigenvalue weighted by atomic mass is 10.2. The summed E-state index contributed by atoms with van der Waals surface area (Å²) in [6.45, 7) is 0.394. The number of hydrogen-bond acceptors (Lipinski definition) is 3. The van der Waals surface area contributed by atoms with Gasteiger partial charge < -0.3 is 4.74 Å². The Morgan fingerprint density at radius 2 is 1.53 bits per heavy atom. The van der Waals surface area contributed by atoms with Crippen LogP contribution in [0.5, 0.6) is 5.75 Å². The Kier molecular flexibility index (Phi) is 6.21. The Morgan fingerprint density at radius 1 is 0.867 bits per heavy atom. The molecule has 0 aliphatic heterocycles. The van der Waals surface area contributed by atoms with Crippen molar-refractivity contribution in [2.45, 2.75) is 6.54 Å². The molecule has 0 amide bonds. The summed E-state index contributed by atoms with van der Waals surface area (Å²) in [7, 11) is 0. The predicted molar refractivity (Wildman–Crippen MR) is 123 cm³/mol. The van der Waals surface area contributed by atoms with E-state index in [1.807, 2.05) is 30.3 Å². The minimum absolute atomic E-state index is 0.154. The molecule has 0 saturated heterocycles. The molecule has 0 saturated carbocycles. The highest BCUT2D eigenvalue weighted by molar-refractivity contribution is 6.40. The zero-order chi connectivity index (χ0) is 21.3. The molecule has 0 atom stereocenters. The molecule has 0 radical (unpaired) electrons. The standard InChI is InChI=1S/C22H14Cl4N2O2/c23-14-7-5-13(6-8-14)21-27-19-4-2-1-3-16(19)22(29)28(21)9-10-30-20-17(25)11-15(24)12-18(20)26/h1-8,11-12H,9-10H2. The first-order valence-corrected chi connectivity index (χ1v) is 10.5. The minimum Gasteiger partial charge on any atom is -0.489 e. The number of rotatable bonds is 5. The van der Waals surface area contributed by atoms with Gasteiger partial charge in [0, 0.05) is 15.6 Å². The smallest absolute Gasteiger partial charge is 0.261 e. The van der Waals surface area contributed by atoms with Crippen molar-refractivity contribution >= 4 is 57.3 Å². The highest BCUT2D eigenvalue weighted by Gasteiger charge is 2.14. The number of benzene rings is 3. The largest absolute Gasteiger partial charge is 0.489 e. The van der Waals surface area contributed by atoms with Crippen molar-refractivity contribution < 1.29 is 4.74 Å². The van der Waals surface area contributed by atoms with Crippen LogP contribution >= 0.6 is 46.4 Å². The Labute approximate surface area is 192 Å². The van der Waals surface area contributed by atoms with Crippen LogP contribution in [0.25, 0.3) is 22.3 Å². The number of halogens is 4. The second kappa shape index (κ2) is 8.86. The SMILES string of the molecule is O=c1c2ccccc2nc(-c2ccc(Cl)cc2)n1CCOc1c(Cl)cc(Cl)cc1Cl. The molecule has 0 fully saturated rings. The Morgan fingerprint density at radius 3 is 2.23 bits per heavy atom. The van der Waals surface area contributed by atoms with Crippen molar-refractivity contribution in [2.75, 3.05) is 6.61 Å². The van der Waals surface area contributed by atoms with Gasteiger partial charge in [0.2, 0.25) is 0 Å². The lowest BCUT2D eigenvalue weighted by Crippen LogP contribution is -2.26. The van der Waals surface area contributed by atoms with Gasteiger partial charge in [-0.3, -0.25) is 9.36 Å². The number of nitrogens with zero attached hydrogens (tertiary/aromatic N) is 2. The van der Waals surface area contributed by atoms with Gasteiger partial charge in [0.05, 0.1) is 27.5 Å². The highest BCUT2D eigenvalue weighted by atomic mass is 35.5. The zero-order valence-corrected chi connectivity index (χ0v) is 18.4. The van der Waals surface area contributed by atoms with E-state index < -0.39 is 0 Å². The van der Waals surface area contributed by atoms with Crippen LogP contribution in [0.2, 0.25) is 20.1 Å². The summed E-state index contributed by atoms with van der Waals surface area (Å²) in [5, 5.41) is 2.14. The van der Waals surface area contributed by atoms with Crippen molar-refractivity contribution in [1.29, 1.82) is 0 Å². The molecule has 152 valence electrons. The molecule has 8 heteroatoms. The maximum absolute atomic E-state index is 13.2. The van der Waals surface area contributed by atoms with Gasteiger partial charge in [-0.1, -0.05) is 58.5 Å². The monoisotopic (exact) mass is 478 g/mol. The summed E-state index contributed by atoms with van der Waals surface area (Å²) in [5.41, 5.74) is 1.22. The fraction of sp³-hybridized carbons (Fsp3) is 0.0909. The van der Waals surface area contributed by atoms with E-state index in [0.717, 1.165) is 5.56 Å². The molecule has 4 aromatic rings. The van der Waals surface area contributed by atoms with E-state index in [4.69, 9.17) is 56.1 Å². The first kappa shape index (κ1) is 21.0. The lowest BCUT2D eigenvalue weighted by molar-refractivity contribution is 0.297. The molecule has 1 heterocycles. The van der Waals surface area contributed by atoms with Crippen molar-refractivity contribution in [3.8, 4) is 17.1 Å². The molecular weight excluding hydrogens is 466 g/mol. The molecule has 3 aromatic carbocycles. The number of ether oxygens (including phenoxy) is 1. The average Bonchev–Trinajstić information content (AvgIpc) is 2.72. The van der Waals surface area contributed by atoms with Crippen molar-refractivity contribution in [1.82, 2.24) is 9.55 Å². The molecule has 0 aliphatic carbocycles. The van der Waals surface area contributed by atoms with Gasteiger partial charge in [0.1, 0.15) is 12.4 Å². The van der Waals surface area contributed by atoms with Crippen molar-refractivity contribution in [3.63, 3.8) is 0 Å². The Bertz CT molecular complexity index is 1260. The molecule has 0 spiro atoms. The fourth-order valence-corrected chi connectivity index (χ4v) is 4.15. The van der Waals surface area contributed by atoms with Crippen LogP contribution in [-0.2, 0) is 6.54 Å². The summed E-state index contributed by atoms with van der Waals surface area (Å²) in [4.78, 5) is 17.9. The van der Waals surface area contributed by atoms with Crippen LogP contribution in [0.15, 0.2) is 65.5 Å². The van der Waals surface area contributed by atoms with Crippen LogP contribution in [0.1, 0.15) is 0 Å². The van der Waals surface area contributed by atoms with E-state index in [9.17, 15) is 4.79 Å². The quantitative estimate of drug-likeness (QED) is 0.317. The molecule has 0 N–H and O–H groups in total. The van der Waals surface area contributed by atoms with E-state index in [1.54, 1.807) is 34.9 Å². The predicted octanol–water partition coefficient (Wildman–Crippen LogP) is 6.76. The number of hydrogen-bond donors (Lipinski definition) is 0. The van der Waals surface area contributed by atoms with Gasteiger partial charge in [0.25, 0.3) is 5.56 Å². The van der Waals surface area contributed by atoms with Gasteiger partial charge >= 0.3 is 0 Å². The van der Waals surface area contributed by atoms with Crippen molar-refractivity contribution in [2.24, 2.45) is 0 Å². The summed E-state index contributed by atoms with van der Waals surface area (Å²) in [6, 6.07) is 17.5. The van der Waals surface area contributed by atoms with Gasteiger partial charge in [-0.05, 0) is 48.5 Å². The summed E-state index contributed by atoms with van der Waals surface area (Å²) < 4.78 is 7.35. The van der Waals surface area contributed by atoms with Gasteiger partial charge in [0.15, 0.2) is 5.75 Å². The van der Waals surface area contributed by atoms with Crippen LogP contribution in [0.3, 0.4) is 0 Å². The Hall–Kier alpha value is -2.24. The number of para-hydroxylation sites is 1. The molecule has 1 aromatic heterocycles. The lowest BCUT2D eigenvalue weighted by Gasteiger charge is -2.15. The molecule has 4 rings (SSSR count). The zero-order valence-electron chi connectivity index (χ0n) is 15.4. The molecule has 30 heavy (non-hydrogen) atoms. The minimum atomic E-state index is -0.164. The van der Waals surface area contributed by atoms with E-state index in [1.165, 1.54) is 0 Å². The van der Waals surface area contributed by atoms with Gasteiger partial charge in [-0.2, -0.15) is 0 Å². The number of aromatic nitrogens is 2. The molecule has 0 aliphatic rings. The van der Waals surface area contributed by atoms with Crippen LogP contribution in [-0.4, -0.2) is 16.2 Å². The average molecular weight is 480 g/mol. The summed E-state index contributed by atoms with van der Waals surface area (Å²) in [6.07, 6.45) is 0. The van der Waals surface area contributed by atoms with Crippen LogP contribution in [0.4, 0.5) is 0 Å². The maximum Gasteiger partial charge on any atom is 0.261 e. The number of fused-ring (bicyclic) bond motifs is 1. The summed E-state index contributed by atoms with van der Waals surface area (Å²) >= 11 is 24.3. The van der Waals surface area contributed by atoms with Crippen molar-refractivity contribution in [3.05, 3.63) is 91.1 Å². The van der Waals surface area contributed by atoms with Gasteiger partial charge in [-0.15, -0.1) is 0 Å². The normalized spacial score (nSPS) is 11.1. The molecular formula is C22H14Cl4N2O2. The first-order chi connectivity index (χ1) is 14.4. The third-order valence-electron chi connectivity index (χ3n) is 4.49. The van der Waals surface area contributed by atoms with E-state index in [2.05, 4.69) is 0 Å². The topological polar surface area (TPSA) is 44.1 Å². The van der Waals surface area contributed by atoms with E-state index in [-0.39, 0.29) is 18.7 Å². The second-order valence-electron chi connectivity index (χ2n) is 6.46. The van der Waals surface area contributed by atoms with Crippen LogP contribution < -0.4 is 10.3 Å². The van der Waals surface area contributed by atoms with E-state index >= 15 is 0 Å². The Balaban J connectivity index is 1.72. The summed E-state index contributed by atoms with van der Waals surface area (Å²) in [5.74, 6) is 0.838. The van der Waals surface area contributed by atoms with E-state index in [0.29, 0.717) is 42.6 Å². The first-order valence-electron chi connectivity index (χ1n) is 8.97. The second-order valence-corrected chi connectivity index (χ2v) is 8.15. The van der Waals surface area contributed by atoms with Gasteiger partial charge in [-0.25, -0.2) is 4.98 Å². The maximum atomic E-state index is 13.2. The van der Waals surface area contributed by atoms with Crippen LogP contribution in [0, 0.1) is 0 Å². The molecule has 4 nitrogen and oxygen atoms in total. The highest BCUT2D eigenvalue weighted by Crippen LogP contribution is 2.35. The molecule has 0 unspecified atom stereocenters. The fourth-order valence-electron chi connectivity index (χ4n) is 3.10. The third kappa shape index (κ3) is 4.28.